The number of aromatic hydroxyl groups is 1. The summed E-state index contributed by atoms with van der Waals surface area (Å²) in [6.07, 6.45) is 2.51. The van der Waals surface area contributed by atoms with Crippen molar-refractivity contribution in [3.05, 3.63) is 53.9 Å². The summed E-state index contributed by atoms with van der Waals surface area (Å²) in [7, 11) is 1.37. The number of nitrogens with zero attached hydrogens (tertiary/aromatic N) is 1. The predicted octanol–water partition coefficient (Wildman–Crippen LogP) is 3.13. The zero-order valence-corrected chi connectivity index (χ0v) is 19.0. The number of aromatic nitrogens is 1. The Kier molecular flexibility index (Phi) is 9.94. The van der Waals surface area contributed by atoms with E-state index in [0.717, 1.165) is 12.0 Å². The smallest absolute Gasteiger partial charge is 0.328 e. The number of carbonyl (C=O) groups is 2. The van der Waals surface area contributed by atoms with Crippen molar-refractivity contribution in [3.8, 4) is 11.5 Å². The number of nitrogens with one attached hydrogen (secondary N) is 1. The van der Waals surface area contributed by atoms with E-state index in [2.05, 4.69) is 10.3 Å². The van der Waals surface area contributed by atoms with Gasteiger partial charge in [0.15, 0.2) is 17.2 Å². The van der Waals surface area contributed by atoms with Gasteiger partial charge in [0.25, 0.3) is 5.91 Å². The lowest BCUT2D eigenvalue weighted by atomic mass is 9.95. The second-order valence-electron chi connectivity index (χ2n) is 7.57. The second-order valence-corrected chi connectivity index (χ2v) is 7.57. The number of benzene rings is 1. The molecule has 0 saturated heterocycles. The van der Waals surface area contributed by atoms with Crippen LogP contribution in [0.25, 0.3) is 0 Å². The first-order chi connectivity index (χ1) is 15.4. The minimum absolute atomic E-state index is 0.0418. The van der Waals surface area contributed by atoms with Gasteiger partial charge in [-0.3, -0.25) is 4.79 Å². The molecule has 2 aromatic rings. The summed E-state index contributed by atoms with van der Waals surface area (Å²) in [5.74, 6) is -1.60. The number of pyridine rings is 1. The van der Waals surface area contributed by atoms with Gasteiger partial charge in [-0.1, -0.05) is 37.3 Å². The van der Waals surface area contributed by atoms with Gasteiger partial charge in [-0.15, -0.1) is 0 Å². The first-order valence-corrected chi connectivity index (χ1v) is 10.7. The summed E-state index contributed by atoms with van der Waals surface area (Å²) >= 11 is 0. The molecule has 1 aromatic heterocycles. The van der Waals surface area contributed by atoms with Crippen LogP contribution < -0.4 is 10.1 Å². The molecule has 0 aliphatic heterocycles. The zero-order valence-electron chi connectivity index (χ0n) is 19.0. The first kappa shape index (κ1) is 25.1. The van der Waals surface area contributed by atoms with Crippen molar-refractivity contribution < 1.29 is 28.9 Å². The summed E-state index contributed by atoms with van der Waals surface area (Å²) in [5.41, 5.74) is 0.897. The van der Waals surface area contributed by atoms with E-state index in [1.807, 2.05) is 44.2 Å². The van der Waals surface area contributed by atoms with Crippen LogP contribution in [0, 0.1) is 5.92 Å². The molecule has 0 radical (unpaired) electrons. The van der Waals surface area contributed by atoms with Crippen LogP contribution in [0.3, 0.4) is 0 Å². The van der Waals surface area contributed by atoms with Crippen LogP contribution in [-0.2, 0) is 20.7 Å². The molecule has 3 atom stereocenters. The number of amides is 1. The van der Waals surface area contributed by atoms with Gasteiger partial charge < -0.3 is 24.6 Å². The Morgan fingerprint density at radius 2 is 1.88 bits per heavy atom. The maximum absolute atomic E-state index is 12.6. The SMILES string of the molecule is CCCOC[C@@H](Cc1ccccc1)[C@H](C)OC(=O)[C@@H](C)NC(=O)c1nccc(OC)c1O. The van der Waals surface area contributed by atoms with Crippen LogP contribution in [0.4, 0.5) is 0 Å². The molecule has 174 valence electrons. The van der Waals surface area contributed by atoms with E-state index >= 15 is 0 Å². The number of esters is 1. The highest BCUT2D eigenvalue weighted by Gasteiger charge is 2.27. The molecule has 2 N–H and O–H groups in total. The maximum Gasteiger partial charge on any atom is 0.328 e. The van der Waals surface area contributed by atoms with Crippen molar-refractivity contribution in [3.63, 3.8) is 0 Å². The van der Waals surface area contributed by atoms with Gasteiger partial charge in [-0.05, 0) is 32.3 Å². The summed E-state index contributed by atoms with van der Waals surface area (Å²) in [6.45, 7) is 6.47. The number of hydrogen-bond donors (Lipinski definition) is 2. The first-order valence-electron chi connectivity index (χ1n) is 10.7. The minimum atomic E-state index is -0.939. The van der Waals surface area contributed by atoms with E-state index in [1.54, 1.807) is 0 Å². The predicted molar refractivity (Wildman–Crippen MR) is 120 cm³/mol. The topological polar surface area (TPSA) is 107 Å². The van der Waals surface area contributed by atoms with E-state index < -0.39 is 29.8 Å². The quantitative estimate of drug-likeness (QED) is 0.383. The number of hydrogen-bond acceptors (Lipinski definition) is 7. The Hall–Kier alpha value is -3.13. The highest BCUT2D eigenvalue weighted by atomic mass is 16.5. The van der Waals surface area contributed by atoms with Crippen molar-refractivity contribution in [2.45, 2.75) is 45.8 Å². The summed E-state index contributed by atoms with van der Waals surface area (Å²) in [6, 6.07) is 10.4. The number of ether oxygens (including phenoxy) is 3. The van der Waals surface area contributed by atoms with Gasteiger partial charge in [0, 0.05) is 24.8 Å². The third kappa shape index (κ3) is 7.23. The molecule has 0 aliphatic carbocycles. The molecule has 8 heteroatoms. The van der Waals surface area contributed by atoms with E-state index in [4.69, 9.17) is 14.2 Å². The molecule has 0 spiro atoms. The molecule has 0 aliphatic rings. The summed E-state index contributed by atoms with van der Waals surface area (Å²) < 4.78 is 16.4. The largest absolute Gasteiger partial charge is 0.503 e. The second kappa shape index (κ2) is 12.7. The van der Waals surface area contributed by atoms with Crippen LogP contribution in [0.15, 0.2) is 42.6 Å². The molecule has 2 rings (SSSR count). The van der Waals surface area contributed by atoms with Crippen molar-refractivity contribution in [1.82, 2.24) is 10.3 Å². The molecule has 1 heterocycles. The van der Waals surface area contributed by atoms with Crippen molar-refractivity contribution >= 4 is 11.9 Å². The van der Waals surface area contributed by atoms with Crippen molar-refractivity contribution in [2.24, 2.45) is 5.92 Å². The molecule has 32 heavy (non-hydrogen) atoms. The summed E-state index contributed by atoms with van der Waals surface area (Å²) in [4.78, 5) is 29.0. The van der Waals surface area contributed by atoms with Gasteiger partial charge >= 0.3 is 5.97 Å². The van der Waals surface area contributed by atoms with E-state index in [0.29, 0.717) is 19.6 Å². The van der Waals surface area contributed by atoms with Crippen LogP contribution >= 0.6 is 0 Å². The lowest BCUT2D eigenvalue weighted by Gasteiger charge is -2.25. The molecule has 0 saturated carbocycles. The van der Waals surface area contributed by atoms with Gasteiger partial charge in [0.05, 0.1) is 13.7 Å². The lowest BCUT2D eigenvalue weighted by molar-refractivity contribution is -0.153. The normalized spacial score (nSPS) is 13.6. The highest BCUT2D eigenvalue weighted by Crippen LogP contribution is 2.27. The fraction of sp³-hybridized carbons (Fsp3) is 0.458. The molecule has 0 bridgehead atoms. The van der Waals surface area contributed by atoms with Gasteiger partial charge in [-0.2, -0.15) is 0 Å². The molecule has 8 nitrogen and oxygen atoms in total. The Bertz CT molecular complexity index is 874. The monoisotopic (exact) mass is 444 g/mol. The molecular weight excluding hydrogens is 412 g/mol. The molecule has 1 aromatic carbocycles. The highest BCUT2D eigenvalue weighted by molar-refractivity contribution is 5.97. The van der Waals surface area contributed by atoms with Crippen LogP contribution in [0.5, 0.6) is 11.5 Å². The number of carbonyl (C=O) groups excluding carboxylic acids is 2. The Morgan fingerprint density at radius 1 is 1.16 bits per heavy atom. The average Bonchev–Trinajstić information content (AvgIpc) is 2.79. The Morgan fingerprint density at radius 3 is 2.53 bits per heavy atom. The minimum Gasteiger partial charge on any atom is -0.503 e. The van der Waals surface area contributed by atoms with E-state index in [-0.39, 0.29) is 17.4 Å². The van der Waals surface area contributed by atoms with Crippen LogP contribution in [0.1, 0.15) is 43.2 Å². The molecule has 0 unspecified atom stereocenters. The third-order valence-electron chi connectivity index (χ3n) is 5.01. The van der Waals surface area contributed by atoms with Crippen molar-refractivity contribution in [1.29, 1.82) is 0 Å². The fourth-order valence-corrected chi connectivity index (χ4v) is 3.13. The van der Waals surface area contributed by atoms with Crippen LogP contribution in [-0.4, -0.2) is 54.4 Å². The Balaban J connectivity index is 2.00. The average molecular weight is 445 g/mol. The summed E-state index contributed by atoms with van der Waals surface area (Å²) in [5, 5.41) is 12.6. The fourth-order valence-electron chi connectivity index (χ4n) is 3.13. The van der Waals surface area contributed by atoms with Crippen LogP contribution in [0.2, 0.25) is 0 Å². The standard InChI is InChI=1S/C24H32N2O6/c1-5-13-31-15-19(14-18-9-7-6-8-10-18)17(3)32-24(29)16(2)26-23(28)21-22(27)20(30-4)11-12-25-21/h6-12,16-17,19,27H,5,13-15H2,1-4H3,(H,26,28)/t16-,17+,19-/m1/s1. The van der Waals surface area contributed by atoms with E-state index in [9.17, 15) is 14.7 Å². The number of methoxy groups -OCH3 is 1. The zero-order chi connectivity index (χ0) is 23.5. The lowest BCUT2D eigenvalue weighted by Crippen LogP contribution is -2.42. The number of rotatable bonds is 12. The van der Waals surface area contributed by atoms with E-state index in [1.165, 1.54) is 26.3 Å². The van der Waals surface area contributed by atoms with Gasteiger partial charge in [0.2, 0.25) is 0 Å². The third-order valence-corrected chi connectivity index (χ3v) is 5.01. The maximum atomic E-state index is 12.6. The van der Waals surface area contributed by atoms with Crippen molar-refractivity contribution in [2.75, 3.05) is 20.3 Å². The molecule has 1 amide bonds. The molecular formula is C24H32N2O6. The molecule has 0 fully saturated rings. The Labute approximate surface area is 188 Å². The van der Waals surface area contributed by atoms with Gasteiger partial charge in [-0.25, -0.2) is 9.78 Å². The van der Waals surface area contributed by atoms with Gasteiger partial charge in [0.1, 0.15) is 12.1 Å².